The Morgan fingerprint density at radius 2 is 1.81 bits per heavy atom. The molecule has 4 rings (SSSR count). The summed E-state index contributed by atoms with van der Waals surface area (Å²) in [6.45, 7) is 4.14. The maximum Gasteiger partial charge on any atom is 0.294 e. The minimum Gasteiger partial charge on any atom is -0.364 e. The Morgan fingerprint density at radius 1 is 1.12 bits per heavy atom. The van der Waals surface area contributed by atoms with Crippen molar-refractivity contribution < 1.29 is 13.0 Å². The Balaban J connectivity index is 0.000000160. The molecule has 2 fully saturated rings. The number of aromatic nitrogens is 1. The molecule has 2 aliphatic rings. The Labute approximate surface area is 159 Å². The number of likely N-dealkylation sites (N-methyl/N-ethyl adjacent to an activating group) is 1. The molecule has 8 heteroatoms. The van der Waals surface area contributed by atoms with Crippen molar-refractivity contribution in [3.63, 3.8) is 0 Å². The molecule has 0 saturated carbocycles. The maximum atomic E-state index is 10.5. The van der Waals surface area contributed by atoms with Gasteiger partial charge in [-0.15, -0.1) is 0 Å². The number of aryl methyl sites for hydroxylation is 1. The lowest BCUT2D eigenvalue weighted by atomic mass is 10.2. The van der Waals surface area contributed by atoms with Crippen LogP contribution in [-0.4, -0.2) is 55.1 Å². The molecule has 2 aromatic rings. The van der Waals surface area contributed by atoms with Gasteiger partial charge < -0.3 is 4.90 Å². The zero-order valence-corrected chi connectivity index (χ0v) is 16.3. The Kier molecular flexibility index (Phi) is 5.53. The van der Waals surface area contributed by atoms with Crippen LogP contribution in [0.4, 0.5) is 5.69 Å². The first-order valence-electron chi connectivity index (χ1n) is 8.36. The quantitative estimate of drug-likeness (QED) is 0.622. The van der Waals surface area contributed by atoms with Crippen LogP contribution in [0.2, 0.25) is 5.15 Å². The number of likely N-dealkylation sites (tertiary alicyclic amines) is 1. The standard InChI is InChI=1S/C11H14ClN3.C7H8O3S/c1-14-6-10-4-9(14)7-15(10)8-2-3-11(12)13-5-8;1-6-2-4-7(5-3-6)11(8,9)10/h2-3,5,9-10H,4,6-7H2,1H3;2-5H,1H3,(H,8,9,10)/t9-,10-;/m0./s1. The molecule has 0 spiro atoms. The molecule has 0 amide bonds. The molecule has 2 saturated heterocycles. The van der Waals surface area contributed by atoms with Crippen LogP contribution in [0, 0.1) is 6.92 Å². The van der Waals surface area contributed by atoms with Crippen molar-refractivity contribution in [2.45, 2.75) is 30.3 Å². The summed E-state index contributed by atoms with van der Waals surface area (Å²) < 4.78 is 29.6. The van der Waals surface area contributed by atoms with Crippen LogP contribution in [0.1, 0.15) is 12.0 Å². The molecule has 140 valence electrons. The minimum atomic E-state index is -4.02. The molecular formula is C18H22ClN3O3S. The van der Waals surface area contributed by atoms with Crippen molar-refractivity contribution >= 4 is 27.4 Å². The Morgan fingerprint density at radius 3 is 2.27 bits per heavy atom. The van der Waals surface area contributed by atoms with Gasteiger partial charge in [0, 0.05) is 25.2 Å². The van der Waals surface area contributed by atoms with Crippen LogP contribution in [-0.2, 0) is 10.1 Å². The second kappa shape index (κ2) is 7.52. The van der Waals surface area contributed by atoms with Crippen LogP contribution in [0.5, 0.6) is 0 Å². The van der Waals surface area contributed by atoms with Gasteiger partial charge in [-0.3, -0.25) is 9.45 Å². The first-order chi connectivity index (χ1) is 12.2. The normalized spacial score (nSPS) is 22.2. The van der Waals surface area contributed by atoms with E-state index in [9.17, 15) is 8.42 Å². The first-order valence-corrected chi connectivity index (χ1v) is 10.2. The second-order valence-electron chi connectivity index (χ2n) is 6.76. The zero-order valence-electron chi connectivity index (χ0n) is 14.7. The lowest BCUT2D eigenvalue weighted by molar-refractivity contribution is 0.292. The summed E-state index contributed by atoms with van der Waals surface area (Å²) in [5.41, 5.74) is 2.16. The summed E-state index contributed by atoms with van der Waals surface area (Å²) in [5.74, 6) is 0. The minimum absolute atomic E-state index is 0.0666. The maximum absolute atomic E-state index is 10.5. The summed E-state index contributed by atoms with van der Waals surface area (Å²) in [6, 6.07) is 11.3. The average molecular weight is 396 g/mol. The SMILES string of the molecule is CN1C[C@@H]2C[C@H]1CN2c1ccc(Cl)nc1.Cc1ccc(S(=O)(=O)O)cc1. The summed E-state index contributed by atoms with van der Waals surface area (Å²) >= 11 is 5.78. The fraction of sp³-hybridized carbons (Fsp3) is 0.389. The van der Waals surface area contributed by atoms with E-state index in [1.54, 1.807) is 12.1 Å². The predicted octanol–water partition coefficient (Wildman–Crippen LogP) is 2.87. The third-order valence-corrected chi connectivity index (χ3v) is 5.97. The molecule has 2 aliphatic heterocycles. The van der Waals surface area contributed by atoms with Gasteiger partial charge in [0.1, 0.15) is 5.15 Å². The van der Waals surface area contributed by atoms with E-state index in [1.807, 2.05) is 19.2 Å². The van der Waals surface area contributed by atoms with E-state index in [2.05, 4.69) is 27.9 Å². The molecule has 2 bridgehead atoms. The molecule has 1 aromatic carbocycles. The van der Waals surface area contributed by atoms with Gasteiger partial charge >= 0.3 is 0 Å². The lowest BCUT2D eigenvalue weighted by Crippen LogP contribution is -2.44. The molecule has 1 aromatic heterocycles. The van der Waals surface area contributed by atoms with Crippen molar-refractivity contribution in [2.24, 2.45) is 0 Å². The zero-order chi connectivity index (χ0) is 18.9. The van der Waals surface area contributed by atoms with E-state index in [4.69, 9.17) is 16.2 Å². The van der Waals surface area contributed by atoms with Crippen LogP contribution in [0.25, 0.3) is 0 Å². The van der Waals surface area contributed by atoms with Gasteiger partial charge in [0.05, 0.1) is 16.8 Å². The molecule has 1 N–H and O–H groups in total. The number of halogens is 1. The monoisotopic (exact) mass is 395 g/mol. The highest BCUT2D eigenvalue weighted by atomic mass is 35.5. The van der Waals surface area contributed by atoms with E-state index in [0.29, 0.717) is 11.2 Å². The largest absolute Gasteiger partial charge is 0.364 e. The number of hydrogen-bond acceptors (Lipinski definition) is 5. The van der Waals surface area contributed by atoms with Crippen LogP contribution >= 0.6 is 11.6 Å². The number of piperazine rings is 1. The van der Waals surface area contributed by atoms with E-state index in [-0.39, 0.29) is 4.90 Å². The highest BCUT2D eigenvalue weighted by Crippen LogP contribution is 2.33. The fourth-order valence-electron chi connectivity index (χ4n) is 3.43. The Hall–Kier alpha value is -1.67. The molecule has 6 nitrogen and oxygen atoms in total. The number of rotatable bonds is 2. The number of anilines is 1. The number of benzene rings is 1. The van der Waals surface area contributed by atoms with Gasteiger partial charge in [0.2, 0.25) is 0 Å². The van der Waals surface area contributed by atoms with Gasteiger partial charge in [0.15, 0.2) is 0 Å². The topological polar surface area (TPSA) is 73.7 Å². The van der Waals surface area contributed by atoms with Gasteiger partial charge in [-0.1, -0.05) is 29.3 Å². The molecule has 2 atom stereocenters. The van der Waals surface area contributed by atoms with Crippen LogP contribution in [0.3, 0.4) is 0 Å². The van der Waals surface area contributed by atoms with E-state index in [1.165, 1.54) is 30.8 Å². The van der Waals surface area contributed by atoms with Crippen LogP contribution in [0.15, 0.2) is 47.5 Å². The van der Waals surface area contributed by atoms with Gasteiger partial charge in [-0.05, 0) is 44.7 Å². The highest BCUT2D eigenvalue weighted by Gasteiger charge is 2.41. The number of hydrogen-bond donors (Lipinski definition) is 1. The molecule has 26 heavy (non-hydrogen) atoms. The van der Waals surface area contributed by atoms with Crippen molar-refractivity contribution in [1.29, 1.82) is 0 Å². The summed E-state index contributed by atoms with van der Waals surface area (Å²) in [5, 5.41) is 0.570. The third-order valence-electron chi connectivity index (χ3n) is 4.88. The summed E-state index contributed by atoms with van der Waals surface area (Å²) in [6.07, 6.45) is 3.17. The van der Waals surface area contributed by atoms with Crippen molar-refractivity contribution in [2.75, 3.05) is 25.0 Å². The smallest absolute Gasteiger partial charge is 0.294 e. The van der Waals surface area contributed by atoms with E-state index in [0.717, 1.165) is 18.2 Å². The molecule has 3 heterocycles. The number of fused-ring (bicyclic) bond motifs is 2. The number of nitrogens with zero attached hydrogens (tertiary/aromatic N) is 3. The van der Waals surface area contributed by atoms with Crippen LogP contribution < -0.4 is 4.90 Å². The van der Waals surface area contributed by atoms with Crippen molar-refractivity contribution in [3.05, 3.63) is 53.3 Å². The van der Waals surface area contributed by atoms with Gasteiger partial charge in [-0.25, -0.2) is 4.98 Å². The van der Waals surface area contributed by atoms with E-state index >= 15 is 0 Å². The second-order valence-corrected chi connectivity index (χ2v) is 8.57. The fourth-order valence-corrected chi connectivity index (χ4v) is 4.02. The first kappa shape index (κ1) is 19.1. The Bertz CT molecular complexity index is 854. The highest BCUT2D eigenvalue weighted by molar-refractivity contribution is 7.85. The summed E-state index contributed by atoms with van der Waals surface area (Å²) in [7, 11) is -1.81. The third kappa shape index (κ3) is 4.35. The molecule has 0 radical (unpaired) electrons. The molecule has 0 aliphatic carbocycles. The predicted molar refractivity (Wildman–Crippen MR) is 102 cm³/mol. The molecular weight excluding hydrogens is 374 g/mol. The summed E-state index contributed by atoms with van der Waals surface area (Å²) in [4.78, 5) is 8.97. The van der Waals surface area contributed by atoms with E-state index < -0.39 is 10.1 Å². The van der Waals surface area contributed by atoms with Gasteiger partial charge in [0.25, 0.3) is 10.1 Å². The van der Waals surface area contributed by atoms with Crippen molar-refractivity contribution in [1.82, 2.24) is 9.88 Å². The average Bonchev–Trinajstić information content (AvgIpc) is 3.15. The number of pyridine rings is 1. The van der Waals surface area contributed by atoms with Crippen molar-refractivity contribution in [3.8, 4) is 0 Å². The van der Waals surface area contributed by atoms with Gasteiger partial charge in [-0.2, -0.15) is 8.42 Å². The lowest BCUT2D eigenvalue weighted by Gasteiger charge is -2.33. The molecule has 0 unspecified atom stereocenters.